The Bertz CT molecular complexity index is 1440. The van der Waals surface area contributed by atoms with E-state index in [2.05, 4.69) is 0 Å². The summed E-state index contributed by atoms with van der Waals surface area (Å²) in [6.07, 6.45) is -4.91. The lowest BCUT2D eigenvalue weighted by molar-refractivity contribution is -0.240. The number of hydrogen-bond donors (Lipinski definition) is 0. The fraction of sp³-hybridized carbons (Fsp3) is 0.565. The number of hydrogen-bond acceptors (Lipinski definition) is 4. The van der Waals surface area contributed by atoms with Crippen LogP contribution in [0.3, 0.4) is 0 Å². The van der Waals surface area contributed by atoms with E-state index in [0.29, 0.717) is 11.6 Å². The molecule has 0 aliphatic heterocycles. The minimum Gasteiger partial charge on any atom is -0.244 e. The number of allylic oxidation sites excluding steroid dienone is 1. The zero-order valence-electron chi connectivity index (χ0n) is 18.3. The summed E-state index contributed by atoms with van der Waals surface area (Å²) >= 11 is 0. The molecule has 1 aromatic rings. The Balaban J connectivity index is 1.79. The van der Waals surface area contributed by atoms with Gasteiger partial charge in [-0.1, -0.05) is 30.3 Å². The molecule has 0 N–H and O–H groups in total. The fourth-order valence-corrected chi connectivity index (χ4v) is 12.0. The molecule has 35 heavy (non-hydrogen) atoms. The Morgan fingerprint density at radius 1 is 0.886 bits per heavy atom. The molecule has 0 radical (unpaired) electrons. The molecule has 0 saturated heterocycles. The van der Waals surface area contributed by atoms with Gasteiger partial charge in [0.05, 0.1) is 4.75 Å². The molecule has 4 saturated carbocycles. The second-order valence-corrected chi connectivity index (χ2v) is 14.8. The first-order chi connectivity index (χ1) is 16.0. The maximum atomic E-state index is 15.5. The van der Waals surface area contributed by atoms with Gasteiger partial charge in [0.1, 0.15) is 5.67 Å². The van der Waals surface area contributed by atoms with Crippen molar-refractivity contribution in [1.82, 2.24) is 0 Å². The number of halogens is 6. The maximum absolute atomic E-state index is 15.5. The molecule has 0 aromatic heterocycles. The molecule has 5 aliphatic carbocycles. The lowest BCUT2D eigenvalue weighted by Crippen LogP contribution is -2.61. The summed E-state index contributed by atoms with van der Waals surface area (Å²) in [5.74, 6) is -0.813. The number of fused-ring (bicyclic) bond motifs is 1. The van der Waals surface area contributed by atoms with Gasteiger partial charge in [-0.2, -0.15) is 22.0 Å². The van der Waals surface area contributed by atoms with Gasteiger partial charge in [-0.05, 0) is 72.4 Å². The zero-order valence-corrected chi connectivity index (χ0v) is 19.9. The van der Waals surface area contributed by atoms with Gasteiger partial charge in [0.2, 0.25) is 0 Å². The lowest BCUT2D eigenvalue weighted by atomic mass is 9.54. The van der Waals surface area contributed by atoms with Crippen molar-refractivity contribution in [2.45, 2.75) is 66.8 Å². The molecule has 4 fully saturated rings. The predicted octanol–water partition coefficient (Wildman–Crippen LogP) is 3.91. The summed E-state index contributed by atoms with van der Waals surface area (Å²) in [6, 6.07) is 6.25. The van der Waals surface area contributed by atoms with Gasteiger partial charge in [-0.15, -0.1) is 0 Å². The molecule has 4 bridgehead atoms. The second-order valence-electron chi connectivity index (χ2n) is 10.3. The smallest absolute Gasteiger partial charge is 0.244 e. The van der Waals surface area contributed by atoms with Crippen LogP contribution in [0.1, 0.15) is 44.9 Å². The van der Waals surface area contributed by atoms with Crippen LogP contribution in [0.2, 0.25) is 0 Å². The molecule has 2 atom stereocenters. The van der Waals surface area contributed by atoms with Crippen molar-refractivity contribution in [1.29, 1.82) is 0 Å². The van der Waals surface area contributed by atoms with Crippen molar-refractivity contribution in [3.8, 4) is 0 Å². The summed E-state index contributed by atoms with van der Waals surface area (Å²) in [5, 5.41) is -5.53. The Hall–Kier alpha value is -1.82. The van der Waals surface area contributed by atoms with Gasteiger partial charge in [-0.25, -0.2) is 21.2 Å². The van der Waals surface area contributed by atoms with E-state index in [1.165, 1.54) is 18.2 Å². The van der Waals surface area contributed by atoms with Crippen LogP contribution in [0.5, 0.6) is 0 Å². The maximum Gasteiger partial charge on any atom is 0.469 e. The summed E-state index contributed by atoms with van der Waals surface area (Å²) in [6.45, 7) is 0. The van der Waals surface area contributed by atoms with Gasteiger partial charge in [0.15, 0.2) is 14.1 Å². The van der Waals surface area contributed by atoms with Gasteiger partial charge < -0.3 is 0 Å². The van der Waals surface area contributed by atoms with Crippen molar-refractivity contribution >= 4 is 31.8 Å². The minimum atomic E-state index is -6.77. The van der Waals surface area contributed by atoms with E-state index in [0.717, 1.165) is 6.08 Å². The second kappa shape index (κ2) is 7.36. The minimum absolute atomic E-state index is 0.0748. The highest BCUT2D eigenvalue weighted by Crippen LogP contribution is 2.63. The van der Waals surface area contributed by atoms with Crippen LogP contribution in [0.4, 0.5) is 26.3 Å². The number of rotatable bonds is 4. The SMILES string of the molecule is O=S(=O)(C(=C1C=c2ccccc2=CC1)S(=O)(=O)C(F)(F)C(F)(F)F)C12CC3CC(CC(F)(C3)C1)C2. The molecule has 6 rings (SSSR count). The van der Waals surface area contributed by atoms with E-state index in [-0.39, 0.29) is 30.9 Å². The quantitative estimate of drug-likeness (QED) is 0.544. The van der Waals surface area contributed by atoms with Crippen LogP contribution in [-0.4, -0.2) is 38.7 Å². The van der Waals surface area contributed by atoms with Crippen molar-refractivity contribution in [3.63, 3.8) is 0 Å². The summed E-state index contributed by atoms with van der Waals surface area (Å²) < 4.78 is 134. The highest BCUT2D eigenvalue weighted by Gasteiger charge is 2.72. The van der Waals surface area contributed by atoms with Gasteiger partial charge >= 0.3 is 11.4 Å². The van der Waals surface area contributed by atoms with E-state index >= 15 is 4.39 Å². The van der Waals surface area contributed by atoms with Crippen LogP contribution >= 0.6 is 0 Å². The molecule has 2 unspecified atom stereocenters. The molecular formula is C23H22F6O4S2. The standard InChI is InChI=1S/C23H22F6O4S2/c24-20-9-14-7-15(10-20)12-21(11-14,13-20)34(30,31)19(35(32,33)23(28,29)22(25,26)27)18-6-5-16-3-1-2-4-17(16)8-18/h1-5,8,14-15H,6-7,9-13H2. The van der Waals surface area contributed by atoms with Gasteiger partial charge in [0.25, 0.3) is 9.84 Å². The first kappa shape index (κ1) is 24.9. The third kappa shape index (κ3) is 3.53. The van der Waals surface area contributed by atoms with Crippen molar-refractivity contribution in [3.05, 3.63) is 44.5 Å². The third-order valence-electron chi connectivity index (χ3n) is 7.79. The van der Waals surface area contributed by atoms with Crippen LogP contribution in [-0.2, 0) is 19.7 Å². The summed E-state index contributed by atoms with van der Waals surface area (Å²) in [5.41, 5.74) is -2.59. The predicted molar refractivity (Wildman–Crippen MR) is 116 cm³/mol. The first-order valence-corrected chi connectivity index (χ1v) is 14.1. The summed E-state index contributed by atoms with van der Waals surface area (Å²) in [7, 11) is -12.1. The van der Waals surface area contributed by atoms with Crippen LogP contribution < -0.4 is 10.4 Å². The Labute approximate surface area is 198 Å². The molecule has 5 aliphatic rings. The van der Waals surface area contributed by atoms with E-state index in [1.807, 2.05) is 0 Å². The molecule has 0 amide bonds. The average molecular weight is 541 g/mol. The first-order valence-electron chi connectivity index (χ1n) is 11.1. The van der Waals surface area contributed by atoms with Gasteiger partial charge in [-0.3, -0.25) is 0 Å². The number of sulfone groups is 2. The number of alkyl halides is 6. The molecule has 4 nitrogen and oxygen atoms in total. The van der Waals surface area contributed by atoms with Crippen molar-refractivity contribution in [2.24, 2.45) is 11.8 Å². The van der Waals surface area contributed by atoms with E-state index < -0.39 is 76.0 Å². The van der Waals surface area contributed by atoms with E-state index in [9.17, 15) is 38.8 Å². The third-order valence-corrected chi connectivity index (χ3v) is 13.1. The van der Waals surface area contributed by atoms with E-state index in [4.69, 9.17) is 0 Å². The van der Waals surface area contributed by atoms with Crippen LogP contribution in [0.15, 0.2) is 34.1 Å². The molecule has 192 valence electrons. The van der Waals surface area contributed by atoms with Gasteiger partial charge in [0, 0.05) is 6.42 Å². The molecule has 0 spiro atoms. The highest BCUT2D eigenvalue weighted by molar-refractivity contribution is 8.15. The summed E-state index contributed by atoms with van der Waals surface area (Å²) in [4.78, 5) is 0. The van der Waals surface area contributed by atoms with Crippen molar-refractivity contribution in [2.75, 3.05) is 0 Å². The lowest BCUT2D eigenvalue weighted by Gasteiger charge is -2.58. The van der Waals surface area contributed by atoms with Crippen LogP contribution in [0, 0.1) is 11.8 Å². The normalized spacial score (nSPS) is 34.1. The topological polar surface area (TPSA) is 68.3 Å². The largest absolute Gasteiger partial charge is 0.469 e. The molecule has 0 heterocycles. The highest BCUT2D eigenvalue weighted by atomic mass is 32.3. The monoisotopic (exact) mass is 540 g/mol. The average Bonchev–Trinajstić information content (AvgIpc) is 2.70. The Kier molecular flexibility index (Phi) is 5.23. The Morgan fingerprint density at radius 3 is 2.00 bits per heavy atom. The molecule has 12 heteroatoms. The van der Waals surface area contributed by atoms with Crippen molar-refractivity contribution < 1.29 is 43.2 Å². The Morgan fingerprint density at radius 2 is 1.46 bits per heavy atom. The molecular weight excluding hydrogens is 518 g/mol. The van der Waals surface area contributed by atoms with E-state index in [1.54, 1.807) is 12.1 Å². The number of benzene rings is 1. The molecule has 1 aromatic carbocycles. The zero-order chi connectivity index (χ0) is 25.7. The fourth-order valence-electron chi connectivity index (χ4n) is 6.78. The van der Waals surface area contributed by atoms with Crippen LogP contribution in [0.25, 0.3) is 12.2 Å².